The summed E-state index contributed by atoms with van der Waals surface area (Å²) in [6.07, 6.45) is 1.70. The molecule has 1 aromatic heterocycles. The summed E-state index contributed by atoms with van der Waals surface area (Å²) >= 11 is 0. The smallest absolute Gasteiger partial charge is 0.248 e. The van der Waals surface area contributed by atoms with Crippen molar-refractivity contribution in [1.29, 1.82) is 0 Å². The minimum atomic E-state index is -0.531. The Labute approximate surface area is 155 Å². The number of amides is 1. The predicted octanol–water partition coefficient (Wildman–Crippen LogP) is 1.89. The molecular formula is C19H18FN5O2. The van der Waals surface area contributed by atoms with Crippen molar-refractivity contribution in [3.63, 3.8) is 0 Å². The van der Waals surface area contributed by atoms with E-state index in [1.165, 1.54) is 17.1 Å². The maximum Gasteiger partial charge on any atom is 0.248 e. The minimum Gasteiger partial charge on any atom is -0.484 e. The molecule has 0 unspecified atom stereocenters. The van der Waals surface area contributed by atoms with E-state index in [0.717, 1.165) is 5.56 Å². The zero-order chi connectivity index (χ0) is 18.6. The Hall–Kier alpha value is -3.29. The molecule has 1 saturated heterocycles. The molecule has 0 spiro atoms. The molecule has 0 N–H and O–H groups in total. The summed E-state index contributed by atoms with van der Waals surface area (Å²) in [6, 6.07) is 15.4. The van der Waals surface area contributed by atoms with Gasteiger partial charge in [0.25, 0.3) is 0 Å². The van der Waals surface area contributed by atoms with Gasteiger partial charge in [-0.25, -0.2) is 9.07 Å². The molecule has 1 fully saturated rings. The lowest BCUT2D eigenvalue weighted by molar-refractivity contribution is -0.144. The lowest BCUT2D eigenvalue weighted by Gasteiger charge is -2.40. The summed E-state index contributed by atoms with van der Waals surface area (Å²) in [5.41, 5.74) is 1.02. The zero-order valence-electron chi connectivity index (χ0n) is 14.5. The molecule has 2 heterocycles. The van der Waals surface area contributed by atoms with Gasteiger partial charge >= 0.3 is 0 Å². The maximum atomic E-state index is 13.7. The van der Waals surface area contributed by atoms with Gasteiger partial charge in [0.05, 0.1) is 13.1 Å². The highest BCUT2D eigenvalue weighted by Gasteiger charge is 2.37. The molecule has 1 aliphatic heterocycles. The number of para-hydroxylation sites is 1. The Morgan fingerprint density at radius 3 is 2.59 bits per heavy atom. The first-order valence-corrected chi connectivity index (χ1v) is 8.67. The van der Waals surface area contributed by atoms with Crippen molar-refractivity contribution in [1.82, 2.24) is 25.1 Å². The van der Waals surface area contributed by atoms with Gasteiger partial charge in [-0.3, -0.25) is 4.79 Å². The van der Waals surface area contributed by atoms with Crippen LogP contribution in [0.4, 0.5) is 4.39 Å². The lowest BCUT2D eigenvalue weighted by Crippen LogP contribution is -2.58. The molecule has 7 nitrogen and oxygen atoms in total. The van der Waals surface area contributed by atoms with Crippen LogP contribution >= 0.6 is 0 Å². The van der Waals surface area contributed by atoms with E-state index in [-0.39, 0.29) is 17.8 Å². The second-order valence-corrected chi connectivity index (χ2v) is 6.41. The van der Waals surface area contributed by atoms with Crippen LogP contribution in [-0.4, -0.2) is 50.2 Å². The lowest BCUT2D eigenvalue weighted by atomic mass is 10.0. The number of likely N-dealkylation sites (tertiary alicyclic amines) is 1. The highest BCUT2D eigenvalue weighted by atomic mass is 19.1. The van der Waals surface area contributed by atoms with Crippen LogP contribution in [0.15, 0.2) is 60.9 Å². The van der Waals surface area contributed by atoms with Gasteiger partial charge in [-0.2, -0.15) is 0 Å². The molecule has 0 radical (unpaired) electrons. The van der Waals surface area contributed by atoms with E-state index in [2.05, 4.69) is 15.5 Å². The van der Waals surface area contributed by atoms with Crippen LogP contribution in [-0.2, 0) is 11.2 Å². The summed E-state index contributed by atoms with van der Waals surface area (Å²) in [7, 11) is 0. The van der Waals surface area contributed by atoms with Gasteiger partial charge in [0.1, 0.15) is 18.5 Å². The van der Waals surface area contributed by atoms with Crippen LogP contribution in [0.25, 0.3) is 0 Å². The van der Waals surface area contributed by atoms with E-state index in [4.69, 9.17) is 4.74 Å². The fraction of sp³-hybridized carbons (Fsp3) is 0.263. The van der Waals surface area contributed by atoms with Crippen LogP contribution in [0.5, 0.6) is 5.75 Å². The number of aromatic nitrogens is 4. The molecule has 4 rings (SSSR count). The van der Waals surface area contributed by atoms with Gasteiger partial charge in [-0.05, 0) is 28.1 Å². The van der Waals surface area contributed by atoms with E-state index in [1.807, 2.05) is 30.3 Å². The van der Waals surface area contributed by atoms with Gasteiger partial charge in [0, 0.05) is 6.42 Å². The van der Waals surface area contributed by atoms with Gasteiger partial charge in [-0.15, -0.1) is 5.10 Å². The predicted molar refractivity (Wildman–Crippen MR) is 94.4 cm³/mol. The first-order chi connectivity index (χ1) is 13.2. The standard InChI is InChI=1S/C19H18FN5O2/c20-16-8-4-5-9-18(16)27-15-11-24(12-15)19(26)17(25-13-21-22-23-25)10-14-6-2-1-3-7-14/h1-9,13,15,17H,10-12H2/t17-/m0/s1. The molecule has 1 aliphatic rings. The number of carbonyl (C=O) groups is 1. The molecule has 0 aliphatic carbocycles. The number of ether oxygens (including phenoxy) is 1. The third kappa shape index (κ3) is 3.79. The Balaban J connectivity index is 1.42. The number of tetrazole rings is 1. The van der Waals surface area contributed by atoms with Gasteiger partial charge < -0.3 is 9.64 Å². The van der Waals surface area contributed by atoms with Gasteiger partial charge in [0.15, 0.2) is 11.6 Å². The van der Waals surface area contributed by atoms with E-state index in [0.29, 0.717) is 19.5 Å². The second kappa shape index (κ2) is 7.53. The fourth-order valence-electron chi connectivity index (χ4n) is 3.07. The van der Waals surface area contributed by atoms with Crippen molar-refractivity contribution in [2.75, 3.05) is 13.1 Å². The average Bonchev–Trinajstić information content (AvgIpc) is 3.18. The monoisotopic (exact) mass is 367 g/mol. The largest absolute Gasteiger partial charge is 0.484 e. The summed E-state index contributed by atoms with van der Waals surface area (Å²) in [6.45, 7) is 0.807. The zero-order valence-corrected chi connectivity index (χ0v) is 14.5. The quantitative estimate of drug-likeness (QED) is 0.665. The van der Waals surface area contributed by atoms with Crippen LogP contribution in [0.2, 0.25) is 0 Å². The van der Waals surface area contributed by atoms with E-state index >= 15 is 0 Å². The molecule has 0 bridgehead atoms. The fourth-order valence-corrected chi connectivity index (χ4v) is 3.07. The second-order valence-electron chi connectivity index (χ2n) is 6.41. The number of carbonyl (C=O) groups excluding carboxylic acids is 1. The highest BCUT2D eigenvalue weighted by Crippen LogP contribution is 2.24. The van der Waals surface area contributed by atoms with Crippen molar-refractivity contribution in [2.45, 2.75) is 18.6 Å². The molecule has 3 aromatic rings. The number of hydrogen-bond donors (Lipinski definition) is 0. The number of rotatable bonds is 6. The van der Waals surface area contributed by atoms with E-state index in [1.54, 1.807) is 23.1 Å². The Morgan fingerprint density at radius 2 is 1.89 bits per heavy atom. The summed E-state index contributed by atoms with van der Waals surface area (Å²) in [5, 5.41) is 11.2. The van der Waals surface area contributed by atoms with Gasteiger partial charge in [0.2, 0.25) is 5.91 Å². The molecule has 27 heavy (non-hydrogen) atoms. The van der Waals surface area contributed by atoms with Crippen LogP contribution in [0.3, 0.4) is 0 Å². The van der Waals surface area contributed by atoms with Crippen molar-refractivity contribution in [3.8, 4) is 5.75 Å². The molecular weight excluding hydrogens is 349 g/mol. The summed E-state index contributed by atoms with van der Waals surface area (Å²) in [5.74, 6) is -0.284. The highest BCUT2D eigenvalue weighted by molar-refractivity contribution is 5.81. The average molecular weight is 367 g/mol. The number of benzene rings is 2. The van der Waals surface area contributed by atoms with Crippen molar-refractivity contribution in [2.24, 2.45) is 0 Å². The molecule has 8 heteroatoms. The number of hydrogen-bond acceptors (Lipinski definition) is 5. The maximum absolute atomic E-state index is 13.7. The topological polar surface area (TPSA) is 73.1 Å². The van der Waals surface area contributed by atoms with Crippen LogP contribution < -0.4 is 4.74 Å². The molecule has 2 aromatic carbocycles. The molecule has 138 valence electrons. The Morgan fingerprint density at radius 1 is 1.15 bits per heavy atom. The summed E-state index contributed by atoms with van der Waals surface area (Å²) in [4.78, 5) is 14.7. The third-order valence-electron chi connectivity index (χ3n) is 4.53. The Kier molecular flexibility index (Phi) is 4.78. The Bertz CT molecular complexity index is 897. The van der Waals surface area contributed by atoms with Crippen LogP contribution in [0.1, 0.15) is 11.6 Å². The summed E-state index contributed by atoms with van der Waals surface area (Å²) < 4.78 is 20.8. The van der Waals surface area contributed by atoms with Crippen LogP contribution in [0, 0.1) is 5.82 Å². The van der Waals surface area contributed by atoms with Crippen molar-refractivity contribution >= 4 is 5.91 Å². The third-order valence-corrected chi connectivity index (χ3v) is 4.53. The normalized spacial score (nSPS) is 15.2. The number of halogens is 1. The first kappa shape index (κ1) is 17.1. The van der Waals surface area contributed by atoms with Crippen molar-refractivity contribution < 1.29 is 13.9 Å². The van der Waals surface area contributed by atoms with E-state index in [9.17, 15) is 9.18 Å². The molecule has 1 atom stereocenters. The van der Waals surface area contributed by atoms with Gasteiger partial charge in [-0.1, -0.05) is 42.5 Å². The van der Waals surface area contributed by atoms with Crippen molar-refractivity contribution in [3.05, 3.63) is 72.3 Å². The SMILES string of the molecule is O=C([C@H](Cc1ccccc1)n1cnnn1)N1CC(Oc2ccccc2F)C1. The minimum absolute atomic E-state index is 0.0838. The molecule has 0 saturated carbocycles. The first-order valence-electron chi connectivity index (χ1n) is 8.67. The number of nitrogens with zero attached hydrogens (tertiary/aromatic N) is 5. The molecule has 1 amide bonds. The van der Waals surface area contributed by atoms with E-state index < -0.39 is 11.9 Å².